The Morgan fingerprint density at radius 3 is 2.85 bits per heavy atom. The molecule has 1 aromatic heterocycles. The predicted octanol–water partition coefficient (Wildman–Crippen LogP) is 2.05. The molecule has 0 aliphatic carbocycles. The first-order valence-electron chi connectivity index (χ1n) is 4.10. The molecule has 0 saturated carbocycles. The Morgan fingerprint density at radius 1 is 1.77 bits per heavy atom. The fourth-order valence-corrected chi connectivity index (χ4v) is 1.09. The highest BCUT2D eigenvalue weighted by Gasteiger charge is 2.06. The van der Waals surface area contributed by atoms with Gasteiger partial charge >= 0.3 is 0 Å². The highest BCUT2D eigenvalue weighted by Crippen LogP contribution is 2.09. The third-order valence-corrected chi connectivity index (χ3v) is 1.78. The molecule has 4 heteroatoms. The monoisotopic (exact) mass is 180 g/mol. The molecule has 0 amide bonds. The summed E-state index contributed by atoms with van der Waals surface area (Å²) in [4.78, 5) is 10.1. The van der Waals surface area contributed by atoms with Gasteiger partial charge in [0.05, 0.1) is 4.92 Å². The molecule has 1 rings (SSSR count). The fourth-order valence-electron chi connectivity index (χ4n) is 1.09. The minimum Gasteiger partial charge on any atom is -0.357 e. The molecule has 0 bridgehead atoms. The van der Waals surface area contributed by atoms with E-state index < -0.39 is 0 Å². The lowest BCUT2D eigenvalue weighted by molar-refractivity contribution is -0.425. The number of hydrogen-bond acceptors (Lipinski definition) is 2. The van der Waals surface area contributed by atoms with Gasteiger partial charge in [0.2, 0.25) is 5.70 Å². The zero-order chi connectivity index (χ0) is 9.84. The first-order valence-corrected chi connectivity index (χ1v) is 4.10. The van der Waals surface area contributed by atoms with E-state index in [1.54, 1.807) is 13.0 Å². The summed E-state index contributed by atoms with van der Waals surface area (Å²) in [6, 6.07) is 1.85. The molecule has 0 fully saturated rings. The van der Waals surface area contributed by atoms with Gasteiger partial charge in [-0.15, -0.1) is 0 Å². The van der Waals surface area contributed by atoms with E-state index in [0.717, 1.165) is 5.56 Å². The molecular formula is C9H12N2O2. The molecule has 0 aliphatic heterocycles. The van der Waals surface area contributed by atoms with Crippen molar-refractivity contribution in [2.24, 2.45) is 7.05 Å². The smallest absolute Gasteiger partial charge is 0.246 e. The van der Waals surface area contributed by atoms with Gasteiger partial charge in [0.1, 0.15) is 0 Å². The van der Waals surface area contributed by atoms with E-state index in [4.69, 9.17) is 0 Å². The Bertz CT molecular complexity index is 339. The molecular weight excluding hydrogens is 168 g/mol. The topological polar surface area (TPSA) is 48.1 Å². The number of hydrogen-bond donors (Lipinski definition) is 0. The van der Waals surface area contributed by atoms with Crippen LogP contribution in [-0.2, 0) is 7.05 Å². The van der Waals surface area contributed by atoms with Gasteiger partial charge in [0.25, 0.3) is 0 Å². The molecule has 4 nitrogen and oxygen atoms in total. The summed E-state index contributed by atoms with van der Waals surface area (Å²) in [7, 11) is 1.88. The van der Waals surface area contributed by atoms with E-state index in [-0.39, 0.29) is 10.6 Å². The molecule has 70 valence electrons. The molecule has 1 heterocycles. The van der Waals surface area contributed by atoms with Crippen LogP contribution in [0.15, 0.2) is 24.2 Å². The van der Waals surface area contributed by atoms with Crippen LogP contribution >= 0.6 is 0 Å². The van der Waals surface area contributed by atoms with Crippen molar-refractivity contribution in [1.29, 1.82) is 0 Å². The number of allylic oxidation sites excluding steroid dienone is 1. The van der Waals surface area contributed by atoms with Crippen LogP contribution in [0, 0.1) is 10.1 Å². The second-order valence-electron chi connectivity index (χ2n) is 2.86. The third kappa shape index (κ3) is 2.43. The Hall–Kier alpha value is -1.58. The second-order valence-corrected chi connectivity index (χ2v) is 2.86. The first kappa shape index (κ1) is 9.51. The van der Waals surface area contributed by atoms with Crippen molar-refractivity contribution < 1.29 is 4.92 Å². The minimum atomic E-state index is -0.340. The third-order valence-electron chi connectivity index (χ3n) is 1.78. The van der Waals surface area contributed by atoms with Crippen molar-refractivity contribution >= 4 is 6.08 Å². The average Bonchev–Trinajstić information content (AvgIpc) is 2.46. The number of nitrogens with zero attached hydrogens (tertiary/aromatic N) is 2. The summed E-state index contributed by atoms with van der Waals surface area (Å²) in [5.41, 5.74) is 1.11. The lowest BCUT2D eigenvalue weighted by atomic mass is 10.2. The van der Waals surface area contributed by atoms with Gasteiger partial charge < -0.3 is 4.57 Å². The molecule has 0 unspecified atom stereocenters. The Morgan fingerprint density at radius 2 is 2.46 bits per heavy atom. The first-order chi connectivity index (χ1) is 6.13. The van der Waals surface area contributed by atoms with Gasteiger partial charge in [-0.25, -0.2) is 0 Å². The van der Waals surface area contributed by atoms with Crippen LogP contribution in [-0.4, -0.2) is 9.49 Å². The van der Waals surface area contributed by atoms with Gasteiger partial charge in [-0.1, -0.05) is 6.92 Å². The van der Waals surface area contributed by atoms with Crippen LogP contribution in [0.5, 0.6) is 0 Å². The lowest BCUT2D eigenvalue weighted by Gasteiger charge is -1.91. The quantitative estimate of drug-likeness (QED) is 0.528. The Labute approximate surface area is 76.6 Å². The molecule has 0 N–H and O–H groups in total. The summed E-state index contributed by atoms with van der Waals surface area (Å²) in [5, 5.41) is 10.5. The summed E-state index contributed by atoms with van der Waals surface area (Å²) in [5.74, 6) is 0. The molecule has 1 aromatic rings. The Balaban J connectivity index is 2.91. The van der Waals surface area contributed by atoms with Crippen molar-refractivity contribution in [3.05, 3.63) is 39.8 Å². The van der Waals surface area contributed by atoms with E-state index in [1.165, 1.54) is 0 Å². The predicted molar refractivity (Wildman–Crippen MR) is 50.7 cm³/mol. The van der Waals surface area contributed by atoms with Crippen LogP contribution in [0.3, 0.4) is 0 Å². The number of aromatic nitrogens is 1. The Kier molecular flexibility index (Phi) is 2.84. The van der Waals surface area contributed by atoms with Crippen molar-refractivity contribution in [3.63, 3.8) is 0 Å². The molecule has 13 heavy (non-hydrogen) atoms. The van der Waals surface area contributed by atoms with E-state index >= 15 is 0 Å². The number of rotatable bonds is 3. The van der Waals surface area contributed by atoms with Crippen LogP contribution < -0.4 is 0 Å². The normalized spacial score (nSPS) is 11.7. The highest BCUT2D eigenvalue weighted by atomic mass is 16.6. The molecule has 0 atom stereocenters. The van der Waals surface area contributed by atoms with Gasteiger partial charge in [-0.2, -0.15) is 0 Å². The van der Waals surface area contributed by atoms with Gasteiger partial charge in [-0.3, -0.25) is 10.1 Å². The van der Waals surface area contributed by atoms with Crippen LogP contribution in [0.1, 0.15) is 18.9 Å². The zero-order valence-electron chi connectivity index (χ0n) is 7.73. The van der Waals surface area contributed by atoms with E-state index in [0.29, 0.717) is 6.42 Å². The minimum absolute atomic E-state index is 0.242. The summed E-state index contributed by atoms with van der Waals surface area (Å²) in [6.07, 6.45) is 5.75. The second kappa shape index (κ2) is 3.89. The maximum atomic E-state index is 10.5. The highest BCUT2D eigenvalue weighted by molar-refractivity contribution is 5.49. The molecule has 0 aliphatic rings. The van der Waals surface area contributed by atoms with E-state index in [2.05, 4.69) is 0 Å². The summed E-state index contributed by atoms with van der Waals surface area (Å²) >= 11 is 0. The van der Waals surface area contributed by atoms with E-state index in [9.17, 15) is 10.1 Å². The van der Waals surface area contributed by atoms with Crippen LogP contribution in [0.2, 0.25) is 0 Å². The SMILES string of the molecule is CC/C(=C/c1ccn(C)c1)[N+](=O)[O-]. The molecule has 0 aromatic carbocycles. The van der Waals surface area contributed by atoms with Gasteiger partial charge in [-0.05, 0) is 11.6 Å². The van der Waals surface area contributed by atoms with Crippen molar-refractivity contribution in [1.82, 2.24) is 4.57 Å². The van der Waals surface area contributed by atoms with E-state index in [1.807, 2.05) is 30.1 Å². The summed E-state index contributed by atoms with van der Waals surface area (Å²) < 4.78 is 1.86. The van der Waals surface area contributed by atoms with Crippen LogP contribution in [0.25, 0.3) is 6.08 Å². The fraction of sp³-hybridized carbons (Fsp3) is 0.333. The lowest BCUT2D eigenvalue weighted by Crippen LogP contribution is -1.96. The average molecular weight is 180 g/mol. The maximum absolute atomic E-state index is 10.5. The largest absolute Gasteiger partial charge is 0.357 e. The molecule has 0 radical (unpaired) electrons. The van der Waals surface area contributed by atoms with Crippen molar-refractivity contribution in [2.45, 2.75) is 13.3 Å². The van der Waals surface area contributed by atoms with Crippen molar-refractivity contribution in [3.8, 4) is 0 Å². The standard InChI is InChI=1S/C9H12N2O2/c1-3-9(11(12)13)6-8-4-5-10(2)7-8/h4-7H,3H2,1-2H3/b9-6-. The van der Waals surface area contributed by atoms with Crippen molar-refractivity contribution in [2.75, 3.05) is 0 Å². The number of aryl methyl sites for hydroxylation is 1. The number of nitro groups is 1. The van der Waals surface area contributed by atoms with Gasteiger partial charge in [0.15, 0.2) is 0 Å². The maximum Gasteiger partial charge on any atom is 0.246 e. The van der Waals surface area contributed by atoms with Crippen LogP contribution in [0.4, 0.5) is 0 Å². The molecule has 0 saturated heterocycles. The van der Waals surface area contributed by atoms with Gasteiger partial charge in [0, 0.05) is 31.9 Å². The summed E-state index contributed by atoms with van der Waals surface area (Å²) in [6.45, 7) is 1.78. The molecule has 0 spiro atoms. The zero-order valence-corrected chi connectivity index (χ0v) is 7.73.